The highest BCUT2D eigenvalue weighted by Gasteiger charge is 2.21. The third-order valence-corrected chi connectivity index (χ3v) is 3.12. The zero-order chi connectivity index (χ0) is 13.1. The van der Waals surface area contributed by atoms with Crippen molar-refractivity contribution in [2.24, 2.45) is 0 Å². The molecule has 0 radical (unpaired) electrons. The van der Waals surface area contributed by atoms with E-state index < -0.39 is 6.43 Å². The van der Waals surface area contributed by atoms with Crippen LogP contribution in [0.25, 0.3) is 0 Å². The standard InChI is InChI=1S/C12H18F2N4/c1-9-7-15-10(2)12(16-9)18-5-3-17(4-6-18)8-11(13)14/h7,11H,3-6,8H2,1-2H3. The Morgan fingerprint density at radius 3 is 2.50 bits per heavy atom. The van der Waals surface area contributed by atoms with Crippen molar-refractivity contribution in [2.75, 3.05) is 37.6 Å². The molecule has 1 fully saturated rings. The first-order chi connectivity index (χ1) is 8.56. The Hall–Kier alpha value is -1.30. The van der Waals surface area contributed by atoms with E-state index in [0.717, 1.165) is 30.3 Å². The van der Waals surface area contributed by atoms with Crippen LogP contribution in [0.2, 0.25) is 0 Å². The fraction of sp³-hybridized carbons (Fsp3) is 0.667. The number of rotatable bonds is 3. The minimum absolute atomic E-state index is 0.133. The molecule has 0 amide bonds. The van der Waals surface area contributed by atoms with Gasteiger partial charge in [-0.15, -0.1) is 0 Å². The van der Waals surface area contributed by atoms with Crippen molar-refractivity contribution in [3.63, 3.8) is 0 Å². The van der Waals surface area contributed by atoms with Crippen LogP contribution in [0.15, 0.2) is 6.20 Å². The van der Waals surface area contributed by atoms with Gasteiger partial charge in [-0.3, -0.25) is 9.88 Å². The van der Waals surface area contributed by atoms with Gasteiger partial charge < -0.3 is 4.90 Å². The van der Waals surface area contributed by atoms with Crippen LogP contribution in [0.5, 0.6) is 0 Å². The third kappa shape index (κ3) is 3.13. The normalized spacial score (nSPS) is 17.5. The van der Waals surface area contributed by atoms with Gasteiger partial charge >= 0.3 is 0 Å². The zero-order valence-electron chi connectivity index (χ0n) is 10.7. The fourth-order valence-corrected chi connectivity index (χ4v) is 2.16. The minimum Gasteiger partial charge on any atom is -0.353 e. The topological polar surface area (TPSA) is 32.3 Å². The van der Waals surface area contributed by atoms with E-state index in [0.29, 0.717) is 13.1 Å². The molecule has 0 saturated carbocycles. The van der Waals surface area contributed by atoms with Gasteiger partial charge in [-0.25, -0.2) is 13.8 Å². The van der Waals surface area contributed by atoms with Crippen LogP contribution in [0, 0.1) is 13.8 Å². The first-order valence-corrected chi connectivity index (χ1v) is 6.12. The average molecular weight is 256 g/mol. The second-order valence-corrected chi connectivity index (χ2v) is 4.60. The first-order valence-electron chi connectivity index (χ1n) is 6.12. The summed E-state index contributed by atoms with van der Waals surface area (Å²) in [4.78, 5) is 12.7. The minimum atomic E-state index is -2.25. The van der Waals surface area contributed by atoms with Crippen LogP contribution >= 0.6 is 0 Å². The van der Waals surface area contributed by atoms with Crippen molar-refractivity contribution < 1.29 is 8.78 Å². The van der Waals surface area contributed by atoms with Gasteiger partial charge in [0.2, 0.25) is 0 Å². The molecule has 18 heavy (non-hydrogen) atoms. The van der Waals surface area contributed by atoms with Gasteiger partial charge in [0.05, 0.1) is 17.9 Å². The predicted molar refractivity (Wildman–Crippen MR) is 66.2 cm³/mol. The quantitative estimate of drug-likeness (QED) is 0.820. The summed E-state index contributed by atoms with van der Waals surface area (Å²) in [6, 6.07) is 0. The Morgan fingerprint density at radius 2 is 1.89 bits per heavy atom. The van der Waals surface area contributed by atoms with Crippen LogP contribution < -0.4 is 4.90 Å². The van der Waals surface area contributed by atoms with E-state index in [4.69, 9.17) is 0 Å². The maximum Gasteiger partial charge on any atom is 0.251 e. The van der Waals surface area contributed by atoms with E-state index >= 15 is 0 Å². The molecule has 1 aromatic rings. The molecule has 1 aliphatic heterocycles. The number of alkyl halides is 2. The van der Waals surface area contributed by atoms with Gasteiger partial charge in [0.1, 0.15) is 5.82 Å². The van der Waals surface area contributed by atoms with Crippen LogP contribution in [0.4, 0.5) is 14.6 Å². The summed E-state index contributed by atoms with van der Waals surface area (Å²) in [6.07, 6.45) is -0.511. The number of hydrogen-bond acceptors (Lipinski definition) is 4. The van der Waals surface area contributed by atoms with Crippen molar-refractivity contribution in [1.82, 2.24) is 14.9 Å². The van der Waals surface area contributed by atoms with Gasteiger partial charge in [0.25, 0.3) is 6.43 Å². The van der Waals surface area contributed by atoms with Gasteiger partial charge in [0.15, 0.2) is 0 Å². The monoisotopic (exact) mass is 256 g/mol. The van der Waals surface area contributed by atoms with E-state index in [2.05, 4.69) is 14.9 Å². The maximum atomic E-state index is 12.3. The lowest BCUT2D eigenvalue weighted by Gasteiger charge is -2.35. The summed E-state index contributed by atoms with van der Waals surface area (Å²) in [7, 11) is 0. The van der Waals surface area contributed by atoms with Crippen molar-refractivity contribution >= 4 is 5.82 Å². The molecule has 0 aliphatic carbocycles. The molecular formula is C12H18F2N4. The lowest BCUT2D eigenvalue weighted by atomic mass is 10.3. The van der Waals surface area contributed by atoms with Gasteiger partial charge in [-0.2, -0.15) is 0 Å². The smallest absolute Gasteiger partial charge is 0.251 e. The number of hydrogen-bond donors (Lipinski definition) is 0. The van der Waals surface area contributed by atoms with Crippen LogP contribution in [-0.4, -0.2) is 54.0 Å². The molecule has 0 bridgehead atoms. The first kappa shape index (κ1) is 13.1. The molecule has 0 atom stereocenters. The molecule has 1 aliphatic rings. The largest absolute Gasteiger partial charge is 0.353 e. The summed E-state index contributed by atoms with van der Waals surface area (Å²) < 4.78 is 24.6. The number of piperazine rings is 1. The molecule has 6 heteroatoms. The molecule has 4 nitrogen and oxygen atoms in total. The SMILES string of the molecule is Cc1cnc(C)c(N2CCN(CC(F)F)CC2)n1. The van der Waals surface area contributed by atoms with Crippen molar-refractivity contribution in [3.05, 3.63) is 17.6 Å². The molecule has 2 heterocycles. The van der Waals surface area contributed by atoms with E-state index in [-0.39, 0.29) is 6.54 Å². The third-order valence-electron chi connectivity index (χ3n) is 3.12. The summed E-state index contributed by atoms with van der Waals surface area (Å²) >= 11 is 0. The van der Waals surface area contributed by atoms with E-state index in [1.807, 2.05) is 13.8 Å². The molecule has 1 saturated heterocycles. The number of aryl methyl sites for hydroxylation is 2. The summed E-state index contributed by atoms with van der Waals surface area (Å²) in [5.74, 6) is 0.881. The van der Waals surface area contributed by atoms with E-state index in [9.17, 15) is 8.78 Å². The zero-order valence-corrected chi connectivity index (χ0v) is 10.7. The number of nitrogens with zero attached hydrogens (tertiary/aromatic N) is 4. The Labute approximate surface area is 106 Å². The molecule has 1 aromatic heterocycles. The van der Waals surface area contributed by atoms with Gasteiger partial charge in [-0.05, 0) is 13.8 Å². The number of aromatic nitrogens is 2. The Bertz CT molecular complexity index is 403. The lowest BCUT2D eigenvalue weighted by molar-refractivity contribution is 0.0853. The molecule has 2 rings (SSSR count). The van der Waals surface area contributed by atoms with Crippen molar-refractivity contribution in [1.29, 1.82) is 0 Å². The molecule has 0 aromatic carbocycles. The average Bonchev–Trinajstić information content (AvgIpc) is 2.33. The Balaban J connectivity index is 1.99. The second-order valence-electron chi connectivity index (χ2n) is 4.60. The number of halogens is 2. The predicted octanol–water partition coefficient (Wildman–Crippen LogP) is 1.48. The van der Waals surface area contributed by atoms with Crippen molar-refractivity contribution in [3.8, 4) is 0 Å². The van der Waals surface area contributed by atoms with Crippen molar-refractivity contribution in [2.45, 2.75) is 20.3 Å². The highest BCUT2D eigenvalue weighted by Crippen LogP contribution is 2.17. The van der Waals surface area contributed by atoms with Crippen LogP contribution in [0.3, 0.4) is 0 Å². The summed E-state index contributed by atoms with van der Waals surface area (Å²) in [5, 5.41) is 0. The van der Waals surface area contributed by atoms with E-state index in [1.54, 1.807) is 11.1 Å². The Kier molecular flexibility index (Phi) is 4.06. The van der Waals surface area contributed by atoms with Gasteiger partial charge in [-0.1, -0.05) is 0 Å². The molecule has 0 spiro atoms. The van der Waals surface area contributed by atoms with E-state index in [1.165, 1.54) is 0 Å². The maximum absolute atomic E-state index is 12.3. The second kappa shape index (κ2) is 5.56. The molecule has 0 N–H and O–H groups in total. The number of anilines is 1. The molecule has 0 unspecified atom stereocenters. The summed E-state index contributed by atoms with van der Waals surface area (Å²) in [5.41, 5.74) is 1.77. The van der Waals surface area contributed by atoms with Crippen LogP contribution in [-0.2, 0) is 0 Å². The molecular weight excluding hydrogens is 238 g/mol. The summed E-state index contributed by atoms with van der Waals surface area (Å²) in [6.45, 7) is 6.46. The lowest BCUT2D eigenvalue weighted by Crippen LogP contribution is -2.48. The highest BCUT2D eigenvalue weighted by atomic mass is 19.3. The van der Waals surface area contributed by atoms with Crippen LogP contribution in [0.1, 0.15) is 11.4 Å². The Morgan fingerprint density at radius 1 is 1.22 bits per heavy atom. The fourth-order valence-electron chi connectivity index (χ4n) is 2.16. The van der Waals surface area contributed by atoms with Gasteiger partial charge in [0, 0.05) is 32.4 Å². The molecule has 100 valence electrons. The highest BCUT2D eigenvalue weighted by molar-refractivity contribution is 5.43.